The standard InChI is InChI=1S/C13H9BrClNS/c14-11-4-6-17-13(11)8-16-5-3-9-7-10(15)1-2-12(9)16/h1-7H,8H2. The lowest BCUT2D eigenvalue weighted by molar-refractivity contribution is 0.848. The summed E-state index contributed by atoms with van der Waals surface area (Å²) in [6.45, 7) is 0.892. The molecule has 0 saturated heterocycles. The summed E-state index contributed by atoms with van der Waals surface area (Å²) in [4.78, 5) is 1.33. The molecule has 0 bridgehead atoms. The zero-order valence-corrected chi connectivity index (χ0v) is 12.0. The van der Waals surface area contributed by atoms with Crippen LogP contribution in [0.15, 0.2) is 46.4 Å². The number of fused-ring (bicyclic) bond motifs is 1. The molecule has 0 aliphatic carbocycles. The number of benzene rings is 1. The Labute approximate surface area is 117 Å². The lowest BCUT2D eigenvalue weighted by atomic mass is 10.2. The first-order chi connectivity index (χ1) is 8.24. The van der Waals surface area contributed by atoms with Crippen LogP contribution in [0, 0.1) is 0 Å². The van der Waals surface area contributed by atoms with E-state index in [9.17, 15) is 0 Å². The summed E-state index contributed by atoms with van der Waals surface area (Å²) in [6, 6.07) is 10.2. The van der Waals surface area contributed by atoms with Gasteiger partial charge in [0, 0.05) is 31.5 Å². The predicted octanol–water partition coefficient (Wildman–Crippen LogP) is 5.17. The lowest BCUT2D eigenvalue weighted by Crippen LogP contribution is -1.95. The molecular formula is C13H9BrClNS. The smallest absolute Gasteiger partial charge is 0.0580 e. The number of thiophene rings is 1. The number of halogens is 2. The van der Waals surface area contributed by atoms with Crippen LogP contribution in [0.5, 0.6) is 0 Å². The van der Waals surface area contributed by atoms with E-state index in [0.717, 1.165) is 11.6 Å². The Bertz CT molecular complexity index is 671. The minimum Gasteiger partial charge on any atom is -0.342 e. The van der Waals surface area contributed by atoms with E-state index in [0.29, 0.717) is 0 Å². The maximum Gasteiger partial charge on any atom is 0.0580 e. The van der Waals surface area contributed by atoms with Crippen molar-refractivity contribution < 1.29 is 0 Å². The third-order valence-electron chi connectivity index (χ3n) is 2.74. The minimum atomic E-state index is 0.785. The van der Waals surface area contributed by atoms with E-state index in [1.165, 1.54) is 20.3 Å². The van der Waals surface area contributed by atoms with E-state index < -0.39 is 0 Å². The highest BCUT2D eigenvalue weighted by molar-refractivity contribution is 9.10. The van der Waals surface area contributed by atoms with Gasteiger partial charge in [-0.25, -0.2) is 0 Å². The van der Waals surface area contributed by atoms with Gasteiger partial charge in [0.1, 0.15) is 0 Å². The van der Waals surface area contributed by atoms with E-state index in [-0.39, 0.29) is 0 Å². The number of hydrogen-bond donors (Lipinski definition) is 0. The highest BCUT2D eigenvalue weighted by Gasteiger charge is 2.05. The Kier molecular flexibility index (Phi) is 2.99. The van der Waals surface area contributed by atoms with Crippen LogP contribution in [0.2, 0.25) is 5.02 Å². The Morgan fingerprint density at radius 2 is 2.12 bits per heavy atom. The van der Waals surface area contributed by atoms with Gasteiger partial charge < -0.3 is 4.57 Å². The van der Waals surface area contributed by atoms with Crippen LogP contribution in [0.1, 0.15) is 4.88 Å². The van der Waals surface area contributed by atoms with Crippen LogP contribution in [0.3, 0.4) is 0 Å². The SMILES string of the molecule is Clc1ccc2c(ccn2Cc2sccc2Br)c1. The molecule has 0 aliphatic heterocycles. The second-order valence-electron chi connectivity index (χ2n) is 3.84. The van der Waals surface area contributed by atoms with Gasteiger partial charge in [0.25, 0.3) is 0 Å². The van der Waals surface area contributed by atoms with Gasteiger partial charge in [0.2, 0.25) is 0 Å². The highest BCUT2D eigenvalue weighted by atomic mass is 79.9. The number of aromatic nitrogens is 1. The topological polar surface area (TPSA) is 4.93 Å². The average Bonchev–Trinajstić information content (AvgIpc) is 2.87. The second kappa shape index (κ2) is 4.48. The molecule has 4 heteroatoms. The molecular weight excluding hydrogens is 318 g/mol. The van der Waals surface area contributed by atoms with E-state index in [1.807, 2.05) is 12.1 Å². The van der Waals surface area contributed by atoms with Crippen molar-refractivity contribution in [2.75, 3.05) is 0 Å². The fraction of sp³-hybridized carbons (Fsp3) is 0.0769. The first-order valence-corrected chi connectivity index (χ1v) is 7.25. The fourth-order valence-electron chi connectivity index (χ4n) is 1.90. The third kappa shape index (κ3) is 2.15. The van der Waals surface area contributed by atoms with E-state index >= 15 is 0 Å². The lowest BCUT2D eigenvalue weighted by Gasteiger charge is -2.04. The van der Waals surface area contributed by atoms with Gasteiger partial charge >= 0.3 is 0 Å². The minimum absolute atomic E-state index is 0.785. The highest BCUT2D eigenvalue weighted by Crippen LogP contribution is 2.26. The molecule has 0 atom stereocenters. The Morgan fingerprint density at radius 1 is 1.24 bits per heavy atom. The molecule has 2 heterocycles. The van der Waals surface area contributed by atoms with E-state index in [2.05, 4.69) is 50.3 Å². The van der Waals surface area contributed by atoms with Gasteiger partial charge in [0.05, 0.1) is 6.54 Å². The number of nitrogens with zero attached hydrogens (tertiary/aromatic N) is 1. The Morgan fingerprint density at radius 3 is 2.88 bits per heavy atom. The van der Waals surface area contributed by atoms with E-state index in [1.54, 1.807) is 11.3 Å². The summed E-state index contributed by atoms with van der Waals surface area (Å²) in [5.41, 5.74) is 1.22. The molecule has 0 spiro atoms. The Balaban J connectivity index is 2.04. The molecule has 17 heavy (non-hydrogen) atoms. The molecule has 1 nitrogen and oxygen atoms in total. The largest absolute Gasteiger partial charge is 0.342 e. The molecule has 3 aromatic rings. The fourth-order valence-corrected chi connectivity index (χ4v) is 3.56. The molecule has 1 aromatic carbocycles. The van der Waals surface area contributed by atoms with Gasteiger partial charge in [-0.05, 0) is 51.6 Å². The molecule has 0 N–H and O–H groups in total. The van der Waals surface area contributed by atoms with Gasteiger partial charge in [-0.1, -0.05) is 11.6 Å². The predicted molar refractivity (Wildman–Crippen MR) is 78.1 cm³/mol. The third-order valence-corrected chi connectivity index (χ3v) is 4.88. The molecule has 0 aliphatic rings. The number of hydrogen-bond acceptors (Lipinski definition) is 1. The molecule has 2 aromatic heterocycles. The Hall–Kier alpha value is -0.770. The zero-order valence-electron chi connectivity index (χ0n) is 8.86. The summed E-state index contributed by atoms with van der Waals surface area (Å²) in [5.74, 6) is 0. The van der Waals surface area contributed by atoms with Crippen LogP contribution in [0.4, 0.5) is 0 Å². The van der Waals surface area contributed by atoms with Crippen molar-refractivity contribution in [1.29, 1.82) is 0 Å². The van der Waals surface area contributed by atoms with Crippen LogP contribution < -0.4 is 0 Å². The van der Waals surface area contributed by atoms with Crippen LogP contribution in [-0.4, -0.2) is 4.57 Å². The van der Waals surface area contributed by atoms with Crippen molar-refractivity contribution in [3.05, 3.63) is 56.3 Å². The average molecular weight is 327 g/mol. The first kappa shape index (κ1) is 11.3. The molecule has 0 radical (unpaired) electrons. The maximum absolute atomic E-state index is 5.98. The van der Waals surface area contributed by atoms with E-state index in [4.69, 9.17) is 11.6 Å². The van der Waals surface area contributed by atoms with Crippen LogP contribution >= 0.6 is 38.9 Å². The molecule has 0 saturated carbocycles. The maximum atomic E-state index is 5.98. The monoisotopic (exact) mass is 325 g/mol. The van der Waals surface area contributed by atoms with Crippen molar-refractivity contribution in [1.82, 2.24) is 4.57 Å². The zero-order chi connectivity index (χ0) is 11.8. The van der Waals surface area contributed by atoms with Gasteiger partial charge in [-0.15, -0.1) is 11.3 Å². The van der Waals surface area contributed by atoms with Gasteiger partial charge in [-0.2, -0.15) is 0 Å². The first-order valence-electron chi connectivity index (χ1n) is 5.20. The van der Waals surface area contributed by atoms with Gasteiger partial charge in [0.15, 0.2) is 0 Å². The summed E-state index contributed by atoms with van der Waals surface area (Å²) in [6.07, 6.45) is 2.10. The van der Waals surface area contributed by atoms with Crippen molar-refractivity contribution in [2.45, 2.75) is 6.54 Å². The molecule has 86 valence electrons. The molecule has 3 rings (SSSR count). The quantitative estimate of drug-likeness (QED) is 0.612. The normalized spacial score (nSPS) is 11.2. The van der Waals surface area contributed by atoms with Crippen LogP contribution in [-0.2, 0) is 6.54 Å². The van der Waals surface area contributed by atoms with Crippen molar-refractivity contribution >= 4 is 49.8 Å². The summed E-state index contributed by atoms with van der Waals surface area (Å²) >= 11 is 11.3. The molecule has 0 amide bonds. The van der Waals surface area contributed by atoms with Crippen molar-refractivity contribution in [3.63, 3.8) is 0 Å². The summed E-state index contributed by atoms with van der Waals surface area (Å²) in [7, 11) is 0. The van der Waals surface area contributed by atoms with Crippen molar-refractivity contribution in [3.8, 4) is 0 Å². The second-order valence-corrected chi connectivity index (χ2v) is 6.13. The van der Waals surface area contributed by atoms with Crippen LogP contribution in [0.25, 0.3) is 10.9 Å². The summed E-state index contributed by atoms with van der Waals surface area (Å²) in [5, 5.41) is 4.07. The number of rotatable bonds is 2. The molecule has 0 fully saturated rings. The van der Waals surface area contributed by atoms with Gasteiger partial charge in [-0.3, -0.25) is 0 Å². The van der Waals surface area contributed by atoms with Crippen molar-refractivity contribution in [2.24, 2.45) is 0 Å². The summed E-state index contributed by atoms with van der Waals surface area (Å²) < 4.78 is 3.42. The molecule has 0 unspecified atom stereocenters.